The van der Waals surface area contributed by atoms with Gasteiger partial charge in [0, 0.05) is 18.1 Å². The van der Waals surface area contributed by atoms with Gasteiger partial charge in [-0.25, -0.2) is 9.48 Å². The van der Waals surface area contributed by atoms with Gasteiger partial charge >= 0.3 is 6.03 Å². The number of hydrogen-bond acceptors (Lipinski definition) is 5. The fraction of sp³-hybridized carbons (Fsp3) is 0.529. The Balaban J connectivity index is 1.68. The lowest BCUT2D eigenvalue weighted by atomic mass is 9.90. The second-order valence-corrected chi connectivity index (χ2v) is 6.94. The molecule has 0 unspecified atom stereocenters. The van der Waals surface area contributed by atoms with Crippen LogP contribution in [-0.2, 0) is 5.60 Å². The van der Waals surface area contributed by atoms with Crippen molar-refractivity contribution in [2.75, 3.05) is 5.32 Å². The summed E-state index contributed by atoms with van der Waals surface area (Å²) in [5.41, 5.74) is 0.192. The number of anilines is 1. The summed E-state index contributed by atoms with van der Waals surface area (Å²) >= 11 is 0. The van der Waals surface area contributed by atoms with Crippen LogP contribution in [0.4, 0.5) is 10.5 Å². The van der Waals surface area contributed by atoms with E-state index in [0.29, 0.717) is 11.4 Å². The zero-order chi connectivity index (χ0) is 17.9. The lowest BCUT2D eigenvalue weighted by Crippen LogP contribution is -2.45. The molecule has 0 aromatic carbocycles. The number of carbonyl (C=O) groups is 1. The smallest absolute Gasteiger partial charge is 0.319 e. The molecule has 2 atom stereocenters. The van der Waals surface area contributed by atoms with Gasteiger partial charge in [0.15, 0.2) is 0 Å². The van der Waals surface area contributed by atoms with Crippen molar-refractivity contribution in [1.29, 1.82) is 0 Å². The Kier molecular flexibility index (Phi) is 4.98. The number of aliphatic hydroxyl groups is 1. The van der Waals surface area contributed by atoms with Crippen LogP contribution in [0, 0.1) is 0 Å². The van der Waals surface area contributed by atoms with Crippen LogP contribution in [0.15, 0.2) is 30.7 Å². The van der Waals surface area contributed by atoms with Gasteiger partial charge in [0.2, 0.25) is 0 Å². The molecule has 0 radical (unpaired) electrons. The van der Waals surface area contributed by atoms with E-state index in [1.54, 1.807) is 49.3 Å². The number of nitrogens with zero attached hydrogens (tertiary/aromatic N) is 4. The van der Waals surface area contributed by atoms with Crippen LogP contribution >= 0.6 is 0 Å². The van der Waals surface area contributed by atoms with Crippen LogP contribution in [0.5, 0.6) is 0 Å². The summed E-state index contributed by atoms with van der Waals surface area (Å²) in [5, 5.41) is 24.2. The van der Waals surface area contributed by atoms with E-state index in [4.69, 9.17) is 0 Å². The first kappa shape index (κ1) is 17.3. The number of urea groups is 1. The Labute approximate surface area is 146 Å². The molecule has 0 spiro atoms. The van der Waals surface area contributed by atoms with Crippen molar-refractivity contribution >= 4 is 11.7 Å². The fourth-order valence-electron chi connectivity index (χ4n) is 3.09. The summed E-state index contributed by atoms with van der Waals surface area (Å²) in [5.74, 6) is 0. The number of amides is 2. The van der Waals surface area contributed by atoms with Crippen molar-refractivity contribution in [3.63, 3.8) is 0 Å². The highest BCUT2D eigenvalue weighted by Gasteiger charge is 2.30. The van der Waals surface area contributed by atoms with Gasteiger partial charge in [0.25, 0.3) is 0 Å². The van der Waals surface area contributed by atoms with Gasteiger partial charge in [-0.15, -0.1) is 5.10 Å². The molecular formula is C17H24N6O2. The van der Waals surface area contributed by atoms with E-state index in [9.17, 15) is 9.90 Å². The molecule has 0 saturated heterocycles. The summed E-state index contributed by atoms with van der Waals surface area (Å²) in [4.78, 5) is 16.2. The first-order valence-corrected chi connectivity index (χ1v) is 8.56. The largest absolute Gasteiger partial charge is 0.384 e. The first-order chi connectivity index (χ1) is 11.9. The molecule has 134 valence electrons. The van der Waals surface area contributed by atoms with E-state index >= 15 is 0 Å². The summed E-state index contributed by atoms with van der Waals surface area (Å²) in [6, 6.07) is 3.23. The monoisotopic (exact) mass is 344 g/mol. The highest BCUT2D eigenvalue weighted by atomic mass is 16.3. The van der Waals surface area contributed by atoms with Gasteiger partial charge in [0.05, 0.1) is 18.3 Å². The average molecular weight is 344 g/mol. The fourth-order valence-corrected chi connectivity index (χ4v) is 3.09. The maximum atomic E-state index is 12.3. The molecule has 25 heavy (non-hydrogen) atoms. The minimum Gasteiger partial charge on any atom is -0.384 e. The standard InChI is InChI=1S/C17H24N6O2/c1-17(2,25)15-11-23(22-21-15)14-6-4-3-5-13(14)20-16(24)19-12-7-9-18-10-8-12/h7-11,13-14,25H,3-6H2,1-2H3,(H2,18,19,20,24)/t13-,14+/m0/s1. The number of carbonyl (C=O) groups excluding carboxylic acids is 1. The molecule has 3 N–H and O–H groups in total. The van der Waals surface area contributed by atoms with Gasteiger partial charge in [-0.1, -0.05) is 18.1 Å². The third kappa shape index (κ3) is 4.33. The second-order valence-electron chi connectivity index (χ2n) is 6.94. The van der Waals surface area contributed by atoms with Crippen LogP contribution in [0.25, 0.3) is 0 Å². The molecule has 0 aliphatic heterocycles. The molecule has 8 heteroatoms. The van der Waals surface area contributed by atoms with Crippen LogP contribution in [0.3, 0.4) is 0 Å². The zero-order valence-corrected chi connectivity index (χ0v) is 14.5. The van der Waals surface area contributed by atoms with Gasteiger partial charge in [-0.2, -0.15) is 0 Å². The minimum absolute atomic E-state index is 0.0283. The first-order valence-electron chi connectivity index (χ1n) is 8.56. The molecule has 2 heterocycles. The third-order valence-corrected chi connectivity index (χ3v) is 4.46. The molecule has 1 saturated carbocycles. The predicted octanol–water partition coefficient (Wildman–Crippen LogP) is 2.21. The Morgan fingerprint density at radius 1 is 1.28 bits per heavy atom. The van der Waals surface area contributed by atoms with Crippen molar-refractivity contribution < 1.29 is 9.90 Å². The van der Waals surface area contributed by atoms with Crippen molar-refractivity contribution in [1.82, 2.24) is 25.3 Å². The minimum atomic E-state index is -1.03. The normalized spacial score (nSPS) is 20.9. The predicted molar refractivity (Wildman–Crippen MR) is 93.0 cm³/mol. The van der Waals surface area contributed by atoms with Gasteiger partial charge in [0.1, 0.15) is 11.3 Å². The summed E-state index contributed by atoms with van der Waals surface area (Å²) in [6.07, 6.45) is 8.96. The lowest BCUT2D eigenvalue weighted by Gasteiger charge is -2.32. The maximum Gasteiger partial charge on any atom is 0.319 e. The van der Waals surface area contributed by atoms with Gasteiger partial charge < -0.3 is 15.7 Å². The molecule has 2 aromatic heterocycles. The zero-order valence-electron chi connectivity index (χ0n) is 14.5. The van der Waals surface area contributed by atoms with Crippen molar-refractivity contribution in [2.45, 2.75) is 57.2 Å². The third-order valence-electron chi connectivity index (χ3n) is 4.46. The quantitative estimate of drug-likeness (QED) is 0.788. The Morgan fingerprint density at radius 2 is 2.00 bits per heavy atom. The number of aromatic nitrogens is 4. The molecule has 8 nitrogen and oxygen atoms in total. The van der Waals surface area contributed by atoms with Crippen molar-refractivity contribution in [3.8, 4) is 0 Å². The molecule has 1 fully saturated rings. The van der Waals surface area contributed by atoms with E-state index in [0.717, 1.165) is 25.7 Å². The lowest BCUT2D eigenvalue weighted by molar-refractivity contribution is 0.0736. The molecular weight excluding hydrogens is 320 g/mol. The molecule has 1 aliphatic rings. The summed E-state index contributed by atoms with van der Waals surface area (Å²) in [6.45, 7) is 3.36. The SMILES string of the molecule is CC(C)(O)c1cn([C@@H]2CCCC[C@@H]2NC(=O)Nc2ccncc2)nn1. The topological polar surface area (TPSA) is 105 Å². The number of rotatable bonds is 4. The van der Waals surface area contributed by atoms with Crippen LogP contribution in [0.2, 0.25) is 0 Å². The Hall–Kier alpha value is -2.48. The Bertz CT molecular complexity index is 709. The van der Waals surface area contributed by atoms with Gasteiger partial charge in [-0.3, -0.25) is 4.98 Å². The van der Waals surface area contributed by atoms with Crippen LogP contribution < -0.4 is 10.6 Å². The van der Waals surface area contributed by atoms with Crippen LogP contribution in [-0.4, -0.2) is 37.2 Å². The van der Waals surface area contributed by atoms with Crippen molar-refractivity contribution in [2.24, 2.45) is 0 Å². The molecule has 2 aromatic rings. The number of pyridine rings is 1. The van der Waals surface area contributed by atoms with Crippen molar-refractivity contribution in [3.05, 3.63) is 36.4 Å². The van der Waals surface area contributed by atoms with E-state index < -0.39 is 5.60 Å². The van der Waals surface area contributed by atoms with E-state index in [-0.39, 0.29) is 18.1 Å². The molecule has 3 rings (SSSR count). The maximum absolute atomic E-state index is 12.3. The van der Waals surface area contributed by atoms with Gasteiger partial charge in [-0.05, 0) is 38.8 Å². The summed E-state index contributed by atoms with van der Waals surface area (Å²) < 4.78 is 1.77. The van der Waals surface area contributed by atoms with E-state index in [1.165, 1.54) is 0 Å². The molecule has 0 bridgehead atoms. The highest BCUT2D eigenvalue weighted by Crippen LogP contribution is 2.29. The highest BCUT2D eigenvalue weighted by molar-refractivity contribution is 5.89. The summed E-state index contributed by atoms with van der Waals surface area (Å²) in [7, 11) is 0. The molecule has 2 amide bonds. The molecule has 1 aliphatic carbocycles. The Morgan fingerprint density at radius 3 is 2.68 bits per heavy atom. The number of hydrogen-bond donors (Lipinski definition) is 3. The van der Waals surface area contributed by atoms with E-state index in [2.05, 4.69) is 25.9 Å². The van der Waals surface area contributed by atoms with Crippen LogP contribution in [0.1, 0.15) is 51.3 Å². The van der Waals surface area contributed by atoms with E-state index in [1.807, 2.05) is 0 Å². The number of nitrogens with one attached hydrogen (secondary N) is 2. The second kappa shape index (κ2) is 7.18. The average Bonchev–Trinajstić information content (AvgIpc) is 3.06.